The van der Waals surface area contributed by atoms with E-state index < -0.39 is 10.8 Å². The Balaban J connectivity index is 1.19. The highest BCUT2D eigenvalue weighted by Gasteiger charge is 2.23. The van der Waals surface area contributed by atoms with E-state index in [4.69, 9.17) is 18.6 Å². The molecule has 5 aromatic rings. The van der Waals surface area contributed by atoms with Crippen LogP contribution < -0.4 is 19.6 Å². The van der Waals surface area contributed by atoms with E-state index in [0.29, 0.717) is 17.1 Å². The molecule has 0 aliphatic carbocycles. The van der Waals surface area contributed by atoms with Gasteiger partial charge in [0.15, 0.2) is 11.5 Å². The van der Waals surface area contributed by atoms with Crippen molar-refractivity contribution in [3.63, 3.8) is 0 Å². The molecule has 0 aliphatic heterocycles. The summed E-state index contributed by atoms with van der Waals surface area (Å²) in [7, 11) is 1.38. The first-order valence-electron chi connectivity index (χ1n) is 13.9. The number of hydrazone groups is 1. The van der Waals surface area contributed by atoms with Crippen molar-refractivity contribution in [1.29, 1.82) is 0 Å². The molecule has 0 atom stereocenters. The lowest BCUT2D eigenvalue weighted by Gasteiger charge is -2.13. The van der Waals surface area contributed by atoms with Crippen LogP contribution in [0.4, 0.5) is 5.69 Å². The summed E-state index contributed by atoms with van der Waals surface area (Å²) >= 11 is 6.85. The van der Waals surface area contributed by atoms with E-state index >= 15 is 0 Å². The van der Waals surface area contributed by atoms with Gasteiger partial charge in [0.1, 0.15) is 24.7 Å². The molecule has 2 aromatic heterocycles. The number of hydrogen-bond donors (Lipinski definition) is 1. The molecule has 0 radical (unpaired) electrons. The molecule has 236 valence electrons. The minimum Gasteiger partial charge on any atom is -0.493 e. The van der Waals surface area contributed by atoms with Crippen LogP contribution in [0, 0.1) is 24.0 Å². The third kappa shape index (κ3) is 7.66. The van der Waals surface area contributed by atoms with Crippen LogP contribution in [-0.4, -0.2) is 28.7 Å². The summed E-state index contributed by atoms with van der Waals surface area (Å²) in [5.74, 6) is 0.620. The number of nitro benzene ring substituents is 1. The van der Waals surface area contributed by atoms with Crippen molar-refractivity contribution in [2.24, 2.45) is 5.10 Å². The molecule has 46 heavy (non-hydrogen) atoms. The number of amides is 1. The first kappa shape index (κ1) is 32.5. The smallest absolute Gasteiger partial charge is 0.315 e. The maximum atomic E-state index is 12.6. The molecule has 0 saturated heterocycles. The van der Waals surface area contributed by atoms with E-state index in [1.54, 1.807) is 6.07 Å². The predicted octanol–water partition coefficient (Wildman–Crippen LogP) is 8.05. The van der Waals surface area contributed by atoms with Crippen molar-refractivity contribution < 1.29 is 28.3 Å². The Labute approximate surface area is 281 Å². The van der Waals surface area contributed by atoms with Gasteiger partial charge in [0, 0.05) is 43.2 Å². The minimum absolute atomic E-state index is 0.0241. The zero-order valence-electron chi connectivity index (χ0n) is 25.0. The van der Waals surface area contributed by atoms with Gasteiger partial charge in [-0.15, -0.1) is 0 Å². The number of furan rings is 1. The van der Waals surface area contributed by atoms with Crippen molar-refractivity contribution >= 4 is 49.7 Å². The molecule has 11 nitrogen and oxygen atoms in total. The highest BCUT2D eigenvalue weighted by atomic mass is 79.9. The molecular formula is C33H28Br2N4O7. The van der Waals surface area contributed by atoms with Crippen LogP contribution in [0.25, 0.3) is 5.69 Å². The summed E-state index contributed by atoms with van der Waals surface area (Å²) in [6, 6.07) is 23.3. The Hall–Kier alpha value is -4.88. The maximum Gasteiger partial charge on any atom is 0.315 e. The molecule has 13 heteroatoms. The van der Waals surface area contributed by atoms with Crippen LogP contribution in [0.3, 0.4) is 0 Å². The SMILES string of the molecule is COc1cc(/C=N/NC(=O)c2ccc(COc3ccc(-n4c(C)ccc4C)cc3)o2)cc([N+](=O)[O-])c1OCc1ccc(Br)cc1Br. The Bertz CT molecular complexity index is 1900. The van der Waals surface area contributed by atoms with Crippen molar-refractivity contribution in [3.05, 3.63) is 132 Å². The molecule has 1 N–H and O–H groups in total. The molecule has 0 fully saturated rings. The van der Waals surface area contributed by atoms with Crippen LogP contribution in [0.2, 0.25) is 0 Å². The van der Waals surface area contributed by atoms with Gasteiger partial charge in [-0.1, -0.05) is 37.9 Å². The standard InChI is InChI=1S/C33H28Br2N4O7/c1-20-4-5-21(2)38(20)25-8-10-26(11-9-25)44-19-27-12-13-30(46-27)33(40)37-36-17-22-14-29(39(41)42)32(31(15-22)43-3)45-18-23-6-7-24(34)16-28(23)35/h4-17H,18-19H2,1-3H3,(H,37,40)/b36-17+. The fraction of sp³-hybridized carbons (Fsp3) is 0.152. The van der Waals surface area contributed by atoms with E-state index in [-0.39, 0.29) is 36.2 Å². The number of carbonyl (C=O) groups excluding carboxylic acids is 1. The minimum atomic E-state index is -0.606. The number of ether oxygens (including phenoxy) is 3. The number of rotatable bonds is 12. The number of halogens is 2. The van der Waals surface area contributed by atoms with Gasteiger partial charge in [-0.3, -0.25) is 14.9 Å². The van der Waals surface area contributed by atoms with Gasteiger partial charge >= 0.3 is 11.6 Å². The quantitative estimate of drug-likeness (QED) is 0.0776. The summed E-state index contributed by atoms with van der Waals surface area (Å²) < 4.78 is 26.4. The summed E-state index contributed by atoms with van der Waals surface area (Å²) in [5.41, 5.74) is 6.46. The second-order valence-electron chi connectivity index (χ2n) is 10.1. The largest absolute Gasteiger partial charge is 0.493 e. The second kappa shape index (κ2) is 14.5. The van der Waals surface area contributed by atoms with Gasteiger partial charge in [0.25, 0.3) is 0 Å². The van der Waals surface area contributed by atoms with Crippen molar-refractivity contribution in [3.8, 4) is 22.9 Å². The normalized spacial score (nSPS) is 11.1. The maximum absolute atomic E-state index is 12.6. The van der Waals surface area contributed by atoms with Gasteiger partial charge < -0.3 is 23.2 Å². The highest BCUT2D eigenvalue weighted by molar-refractivity contribution is 9.11. The van der Waals surface area contributed by atoms with Gasteiger partial charge in [-0.2, -0.15) is 5.10 Å². The first-order valence-corrected chi connectivity index (χ1v) is 15.4. The van der Waals surface area contributed by atoms with Crippen LogP contribution in [0.15, 0.2) is 97.3 Å². The average molecular weight is 752 g/mol. The Kier molecular flexibility index (Phi) is 10.2. The fourth-order valence-electron chi connectivity index (χ4n) is 4.62. The third-order valence-corrected chi connectivity index (χ3v) is 8.11. The monoisotopic (exact) mass is 750 g/mol. The lowest BCUT2D eigenvalue weighted by Crippen LogP contribution is -2.16. The van der Waals surface area contributed by atoms with Crippen molar-refractivity contribution in [1.82, 2.24) is 9.99 Å². The fourth-order valence-corrected chi connectivity index (χ4v) is 5.78. The number of hydrogen-bond acceptors (Lipinski definition) is 8. The topological polar surface area (TPSA) is 130 Å². The number of nitrogens with one attached hydrogen (secondary N) is 1. The van der Waals surface area contributed by atoms with Crippen LogP contribution in [0.1, 0.15) is 38.8 Å². The molecule has 0 unspecified atom stereocenters. The number of aryl methyl sites for hydroxylation is 2. The molecule has 0 saturated carbocycles. The van der Waals surface area contributed by atoms with Crippen molar-refractivity contribution in [2.45, 2.75) is 27.1 Å². The Morgan fingerprint density at radius 3 is 2.39 bits per heavy atom. The van der Waals surface area contributed by atoms with E-state index in [0.717, 1.165) is 31.6 Å². The number of aromatic nitrogens is 1. The second-order valence-corrected chi connectivity index (χ2v) is 11.8. The Morgan fingerprint density at radius 2 is 1.72 bits per heavy atom. The summed E-state index contributed by atoms with van der Waals surface area (Å²) in [4.78, 5) is 23.9. The number of nitro groups is 1. The lowest BCUT2D eigenvalue weighted by molar-refractivity contribution is -0.386. The number of methoxy groups -OCH3 is 1. The molecule has 5 rings (SSSR count). The predicted molar refractivity (Wildman–Crippen MR) is 179 cm³/mol. The highest BCUT2D eigenvalue weighted by Crippen LogP contribution is 2.39. The summed E-state index contributed by atoms with van der Waals surface area (Å²) in [5, 5.41) is 15.8. The van der Waals surface area contributed by atoms with Crippen LogP contribution >= 0.6 is 31.9 Å². The molecule has 3 aromatic carbocycles. The Morgan fingerprint density at radius 1 is 0.978 bits per heavy atom. The zero-order chi connectivity index (χ0) is 32.8. The molecule has 0 bridgehead atoms. The zero-order valence-corrected chi connectivity index (χ0v) is 28.1. The molecule has 1 amide bonds. The first-order chi connectivity index (χ1) is 22.1. The molecule has 2 heterocycles. The average Bonchev–Trinajstić information content (AvgIpc) is 3.65. The van der Waals surface area contributed by atoms with Gasteiger partial charge in [0.2, 0.25) is 5.75 Å². The van der Waals surface area contributed by atoms with Crippen molar-refractivity contribution in [2.75, 3.05) is 7.11 Å². The lowest BCUT2D eigenvalue weighted by atomic mass is 10.1. The number of carbonyl (C=O) groups is 1. The van der Waals surface area contributed by atoms with Crippen LogP contribution in [-0.2, 0) is 13.2 Å². The summed E-state index contributed by atoms with van der Waals surface area (Å²) in [6.45, 7) is 4.28. The molecule has 0 aliphatic rings. The van der Waals surface area contributed by atoms with E-state index in [1.807, 2.05) is 42.5 Å². The van der Waals surface area contributed by atoms with Gasteiger partial charge in [-0.05, 0) is 80.6 Å². The van der Waals surface area contributed by atoms with E-state index in [1.165, 1.54) is 31.5 Å². The number of benzene rings is 3. The third-order valence-electron chi connectivity index (χ3n) is 6.87. The van der Waals surface area contributed by atoms with Crippen LogP contribution in [0.5, 0.6) is 17.2 Å². The van der Waals surface area contributed by atoms with Gasteiger partial charge in [0.05, 0.1) is 18.2 Å². The number of nitrogens with zero attached hydrogens (tertiary/aromatic N) is 3. The summed E-state index contributed by atoms with van der Waals surface area (Å²) in [6.07, 6.45) is 1.26. The van der Waals surface area contributed by atoms with E-state index in [9.17, 15) is 14.9 Å². The van der Waals surface area contributed by atoms with Gasteiger partial charge in [-0.25, -0.2) is 5.43 Å². The molecule has 0 spiro atoms. The molecular weight excluding hydrogens is 724 g/mol. The van der Waals surface area contributed by atoms with E-state index in [2.05, 4.69) is 72.9 Å².